The summed E-state index contributed by atoms with van der Waals surface area (Å²) in [7, 11) is 1.51. The molecule has 3 N–H and O–H groups in total. The number of carbonyl (C=O) groups is 2. The SMILES string of the molecule is COc1cc(CNC(=O)c2cc(C)c(C)s2)ccc1OCC(N)=O. The average molecular weight is 348 g/mol. The summed E-state index contributed by atoms with van der Waals surface area (Å²) in [6, 6.07) is 7.12. The molecular formula is C17H20N2O4S. The van der Waals surface area contributed by atoms with E-state index in [1.165, 1.54) is 18.4 Å². The zero-order valence-corrected chi connectivity index (χ0v) is 14.7. The molecule has 0 bridgehead atoms. The smallest absolute Gasteiger partial charge is 0.261 e. The van der Waals surface area contributed by atoms with Gasteiger partial charge < -0.3 is 20.5 Å². The minimum Gasteiger partial charge on any atom is -0.493 e. The first-order valence-electron chi connectivity index (χ1n) is 7.34. The average Bonchev–Trinajstić information content (AvgIpc) is 2.90. The van der Waals surface area contributed by atoms with Gasteiger partial charge in [-0.1, -0.05) is 6.07 Å². The molecule has 128 valence electrons. The van der Waals surface area contributed by atoms with Gasteiger partial charge in [-0.25, -0.2) is 0 Å². The third kappa shape index (κ3) is 4.48. The van der Waals surface area contributed by atoms with Gasteiger partial charge in [-0.3, -0.25) is 9.59 Å². The molecular weight excluding hydrogens is 328 g/mol. The van der Waals surface area contributed by atoms with Gasteiger partial charge in [-0.05, 0) is 43.2 Å². The number of methoxy groups -OCH3 is 1. The van der Waals surface area contributed by atoms with Crippen LogP contribution in [0.15, 0.2) is 24.3 Å². The number of ether oxygens (including phenoxy) is 2. The summed E-state index contributed by atoms with van der Waals surface area (Å²) in [5.41, 5.74) is 7.03. The fourth-order valence-electron chi connectivity index (χ4n) is 2.04. The second-order valence-corrected chi connectivity index (χ2v) is 6.53. The first-order valence-corrected chi connectivity index (χ1v) is 8.15. The van der Waals surface area contributed by atoms with E-state index >= 15 is 0 Å². The van der Waals surface area contributed by atoms with Gasteiger partial charge in [0.25, 0.3) is 11.8 Å². The monoisotopic (exact) mass is 348 g/mol. The summed E-state index contributed by atoms with van der Waals surface area (Å²) < 4.78 is 10.5. The van der Waals surface area contributed by atoms with Crippen molar-refractivity contribution in [2.75, 3.05) is 13.7 Å². The van der Waals surface area contributed by atoms with Crippen molar-refractivity contribution in [2.45, 2.75) is 20.4 Å². The van der Waals surface area contributed by atoms with Crippen LogP contribution in [0.25, 0.3) is 0 Å². The van der Waals surface area contributed by atoms with Crippen molar-refractivity contribution in [3.05, 3.63) is 45.1 Å². The van der Waals surface area contributed by atoms with Crippen LogP contribution in [-0.2, 0) is 11.3 Å². The quantitative estimate of drug-likeness (QED) is 0.802. The van der Waals surface area contributed by atoms with Crippen LogP contribution >= 0.6 is 11.3 Å². The Bertz CT molecular complexity index is 736. The largest absolute Gasteiger partial charge is 0.493 e. The molecule has 0 fully saturated rings. The molecule has 0 aliphatic heterocycles. The number of benzene rings is 1. The third-order valence-electron chi connectivity index (χ3n) is 3.44. The summed E-state index contributed by atoms with van der Waals surface area (Å²) in [5.74, 6) is 0.237. The molecule has 0 spiro atoms. The molecule has 0 saturated carbocycles. The molecule has 0 radical (unpaired) electrons. The maximum absolute atomic E-state index is 12.2. The molecule has 1 aromatic carbocycles. The number of rotatable bonds is 7. The number of amides is 2. The number of hydrogen-bond acceptors (Lipinski definition) is 5. The van der Waals surface area contributed by atoms with Gasteiger partial charge in [0.2, 0.25) is 0 Å². The van der Waals surface area contributed by atoms with Crippen molar-refractivity contribution in [2.24, 2.45) is 5.73 Å². The number of hydrogen-bond donors (Lipinski definition) is 2. The second kappa shape index (κ2) is 7.83. The molecule has 2 amide bonds. The summed E-state index contributed by atoms with van der Waals surface area (Å²) in [4.78, 5) is 24.8. The molecule has 0 saturated heterocycles. The fourth-order valence-corrected chi connectivity index (χ4v) is 2.99. The van der Waals surface area contributed by atoms with Crippen molar-refractivity contribution in [3.8, 4) is 11.5 Å². The molecule has 0 unspecified atom stereocenters. The maximum Gasteiger partial charge on any atom is 0.261 e. The van der Waals surface area contributed by atoms with Crippen molar-refractivity contribution in [1.82, 2.24) is 5.32 Å². The van der Waals surface area contributed by atoms with E-state index in [0.717, 1.165) is 16.0 Å². The Labute approximate surface area is 144 Å². The number of primary amides is 1. The highest BCUT2D eigenvalue weighted by Crippen LogP contribution is 2.28. The minimum absolute atomic E-state index is 0.107. The van der Waals surface area contributed by atoms with Crippen LogP contribution in [0, 0.1) is 13.8 Å². The second-order valence-electron chi connectivity index (χ2n) is 5.27. The number of nitrogens with two attached hydrogens (primary N) is 1. The van der Waals surface area contributed by atoms with Crippen molar-refractivity contribution in [1.29, 1.82) is 0 Å². The lowest BCUT2D eigenvalue weighted by molar-refractivity contribution is -0.119. The van der Waals surface area contributed by atoms with Gasteiger partial charge in [-0.15, -0.1) is 11.3 Å². The summed E-state index contributed by atoms with van der Waals surface area (Å²) in [6.45, 7) is 4.12. The van der Waals surface area contributed by atoms with E-state index in [2.05, 4.69) is 5.32 Å². The lowest BCUT2D eigenvalue weighted by Crippen LogP contribution is -2.22. The third-order valence-corrected chi connectivity index (χ3v) is 4.59. The predicted octanol–water partition coefficient (Wildman–Crippen LogP) is 2.17. The van der Waals surface area contributed by atoms with Gasteiger partial charge >= 0.3 is 0 Å². The minimum atomic E-state index is -0.560. The molecule has 0 aliphatic rings. The molecule has 1 aromatic heterocycles. The van der Waals surface area contributed by atoms with Crippen LogP contribution < -0.4 is 20.5 Å². The van der Waals surface area contributed by atoms with Gasteiger partial charge in [0.15, 0.2) is 18.1 Å². The lowest BCUT2D eigenvalue weighted by Gasteiger charge is -2.11. The van der Waals surface area contributed by atoms with E-state index in [1.54, 1.807) is 18.2 Å². The van der Waals surface area contributed by atoms with Crippen LogP contribution in [0.4, 0.5) is 0 Å². The Morgan fingerprint density at radius 3 is 2.54 bits per heavy atom. The lowest BCUT2D eigenvalue weighted by atomic mass is 10.2. The van der Waals surface area contributed by atoms with Crippen LogP contribution in [0.2, 0.25) is 0 Å². The molecule has 0 atom stereocenters. The van der Waals surface area contributed by atoms with Crippen molar-refractivity contribution < 1.29 is 19.1 Å². The first-order chi connectivity index (χ1) is 11.4. The van der Waals surface area contributed by atoms with E-state index in [4.69, 9.17) is 15.2 Å². The molecule has 2 aromatic rings. The number of aryl methyl sites for hydroxylation is 2. The fraction of sp³-hybridized carbons (Fsp3) is 0.294. The molecule has 2 rings (SSSR count). The molecule has 7 heteroatoms. The first kappa shape index (κ1) is 17.8. The van der Waals surface area contributed by atoms with E-state index in [9.17, 15) is 9.59 Å². The van der Waals surface area contributed by atoms with E-state index in [0.29, 0.717) is 22.9 Å². The topological polar surface area (TPSA) is 90.7 Å². The zero-order valence-electron chi connectivity index (χ0n) is 13.8. The number of carbonyl (C=O) groups excluding carboxylic acids is 2. The Morgan fingerprint density at radius 1 is 1.21 bits per heavy atom. The normalized spacial score (nSPS) is 10.3. The van der Waals surface area contributed by atoms with Crippen LogP contribution in [0.1, 0.15) is 25.7 Å². The van der Waals surface area contributed by atoms with Gasteiger partial charge in [-0.2, -0.15) is 0 Å². The Hall–Kier alpha value is -2.54. The van der Waals surface area contributed by atoms with Crippen LogP contribution in [0.5, 0.6) is 11.5 Å². The molecule has 24 heavy (non-hydrogen) atoms. The maximum atomic E-state index is 12.2. The summed E-state index contributed by atoms with van der Waals surface area (Å²) in [5, 5.41) is 2.88. The van der Waals surface area contributed by atoms with Crippen molar-refractivity contribution >= 4 is 23.2 Å². The summed E-state index contributed by atoms with van der Waals surface area (Å²) in [6.07, 6.45) is 0. The Kier molecular flexibility index (Phi) is 5.81. The molecule has 0 aliphatic carbocycles. The van der Waals surface area contributed by atoms with Gasteiger partial charge in [0.05, 0.1) is 12.0 Å². The highest BCUT2D eigenvalue weighted by molar-refractivity contribution is 7.14. The standard InChI is InChI=1S/C17H20N2O4S/c1-10-6-15(24-11(10)2)17(21)19-8-12-4-5-13(14(7-12)22-3)23-9-16(18)20/h4-7H,8-9H2,1-3H3,(H2,18,20)(H,19,21). The number of nitrogens with one attached hydrogen (secondary N) is 1. The Balaban J connectivity index is 2.01. The van der Waals surface area contributed by atoms with Gasteiger partial charge in [0.1, 0.15) is 0 Å². The van der Waals surface area contributed by atoms with Crippen molar-refractivity contribution in [3.63, 3.8) is 0 Å². The van der Waals surface area contributed by atoms with Crippen LogP contribution in [0.3, 0.4) is 0 Å². The highest BCUT2D eigenvalue weighted by atomic mass is 32.1. The van der Waals surface area contributed by atoms with E-state index in [-0.39, 0.29) is 12.5 Å². The zero-order chi connectivity index (χ0) is 17.7. The molecule has 6 nitrogen and oxygen atoms in total. The van der Waals surface area contributed by atoms with Gasteiger partial charge in [0, 0.05) is 11.4 Å². The summed E-state index contributed by atoms with van der Waals surface area (Å²) >= 11 is 1.48. The molecule has 1 heterocycles. The van der Waals surface area contributed by atoms with Crippen LogP contribution in [-0.4, -0.2) is 25.5 Å². The van der Waals surface area contributed by atoms with E-state index in [1.807, 2.05) is 19.9 Å². The van der Waals surface area contributed by atoms with E-state index < -0.39 is 5.91 Å². The Morgan fingerprint density at radius 2 is 1.96 bits per heavy atom. The predicted molar refractivity (Wildman–Crippen MR) is 92.6 cm³/mol. The number of thiophene rings is 1. The highest BCUT2D eigenvalue weighted by Gasteiger charge is 2.11.